The van der Waals surface area contributed by atoms with Gasteiger partial charge in [-0.15, -0.1) is 10.2 Å². The van der Waals surface area contributed by atoms with Crippen LogP contribution in [0.2, 0.25) is 0 Å². The lowest BCUT2D eigenvalue weighted by Gasteiger charge is -2.10. The van der Waals surface area contributed by atoms with E-state index in [-0.39, 0.29) is 0 Å². The second-order valence-electron chi connectivity index (χ2n) is 3.66. The van der Waals surface area contributed by atoms with Crippen LogP contribution >= 0.6 is 11.8 Å². The van der Waals surface area contributed by atoms with Crippen LogP contribution in [0.3, 0.4) is 0 Å². The average molecular weight is 212 g/mol. The summed E-state index contributed by atoms with van der Waals surface area (Å²) in [6.07, 6.45) is 1.28. The molecule has 5 heteroatoms. The predicted molar refractivity (Wildman–Crippen MR) is 58.3 cm³/mol. The van der Waals surface area contributed by atoms with Gasteiger partial charge in [-0.25, -0.2) is 0 Å². The van der Waals surface area contributed by atoms with Crippen LogP contribution in [0.1, 0.15) is 18.1 Å². The molecule has 0 radical (unpaired) electrons. The Balaban J connectivity index is 1.88. The molecule has 0 bridgehead atoms. The molecule has 1 aromatic heterocycles. The highest BCUT2D eigenvalue weighted by Crippen LogP contribution is 2.17. The maximum Gasteiger partial charge on any atom is 0.146 e. The Kier molecular flexibility index (Phi) is 3.08. The molecule has 2 rings (SSSR count). The highest BCUT2D eigenvalue weighted by molar-refractivity contribution is 7.99. The van der Waals surface area contributed by atoms with Crippen LogP contribution in [-0.4, -0.2) is 32.3 Å². The van der Waals surface area contributed by atoms with Crippen molar-refractivity contribution in [3.63, 3.8) is 0 Å². The molecule has 1 saturated heterocycles. The number of hydrogen-bond donors (Lipinski definition) is 1. The van der Waals surface area contributed by atoms with E-state index in [1.54, 1.807) is 0 Å². The van der Waals surface area contributed by atoms with Gasteiger partial charge in [0, 0.05) is 18.8 Å². The topological polar surface area (TPSA) is 42.7 Å². The van der Waals surface area contributed by atoms with Crippen LogP contribution in [-0.2, 0) is 13.6 Å². The molecule has 78 valence electrons. The van der Waals surface area contributed by atoms with Gasteiger partial charge < -0.3 is 9.88 Å². The summed E-state index contributed by atoms with van der Waals surface area (Å²) in [4.78, 5) is 0. The van der Waals surface area contributed by atoms with Crippen molar-refractivity contribution in [2.45, 2.75) is 25.9 Å². The molecule has 1 aromatic rings. The Morgan fingerprint density at radius 1 is 1.57 bits per heavy atom. The van der Waals surface area contributed by atoms with E-state index in [0.29, 0.717) is 6.04 Å². The molecule has 0 saturated carbocycles. The molecule has 0 aromatic carbocycles. The van der Waals surface area contributed by atoms with Gasteiger partial charge in [0.05, 0.1) is 6.54 Å². The van der Waals surface area contributed by atoms with Crippen molar-refractivity contribution in [1.29, 1.82) is 0 Å². The van der Waals surface area contributed by atoms with Crippen molar-refractivity contribution in [2.75, 3.05) is 11.5 Å². The summed E-state index contributed by atoms with van der Waals surface area (Å²) in [5.74, 6) is 4.52. The fourth-order valence-corrected chi connectivity index (χ4v) is 2.72. The van der Waals surface area contributed by atoms with Gasteiger partial charge >= 0.3 is 0 Å². The second kappa shape index (κ2) is 4.31. The summed E-state index contributed by atoms with van der Waals surface area (Å²) in [6, 6.07) is 0.664. The number of rotatable bonds is 3. The van der Waals surface area contributed by atoms with Gasteiger partial charge in [0.1, 0.15) is 11.6 Å². The van der Waals surface area contributed by atoms with Gasteiger partial charge in [-0.3, -0.25) is 0 Å². The van der Waals surface area contributed by atoms with E-state index in [4.69, 9.17) is 0 Å². The fraction of sp³-hybridized carbons (Fsp3) is 0.778. The Morgan fingerprint density at radius 2 is 2.43 bits per heavy atom. The number of nitrogens with zero attached hydrogens (tertiary/aromatic N) is 3. The summed E-state index contributed by atoms with van der Waals surface area (Å²) in [5, 5.41) is 11.7. The van der Waals surface area contributed by atoms with E-state index < -0.39 is 0 Å². The van der Waals surface area contributed by atoms with Gasteiger partial charge in [0.15, 0.2) is 0 Å². The van der Waals surface area contributed by atoms with E-state index >= 15 is 0 Å². The maximum absolute atomic E-state index is 4.12. The van der Waals surface area contributed by atoms with Gasteiger partial charge in [0.2, 0.25) is 0 Å². The van der Waals surface area contributed by atoms with Crippen molar-refractivity contribution in [1.82, 2.24) is 20.1 Å². The zero-order valence-corrected chi connectivity index (χ0v) is 9.47. The summed E-state index contributed by atoms with van der Waals surface area (Å²) >= 11 is 2.02. The molecule has 14 heavy (non-hydrogen) atoms. The van der Waals surface area contributed by atoms with Crippen LogP contribution < -0.4 is 5.32 Å². The Bertz CT molecular complexity index is 304. The highest BCUT2D eigenvalue weighted by Gasteiger charge is 2.15. The van der Waals surface area contributed by atoms with Crippen molar-refractivity contribution in [2.24, 2.45) is 7.05 Å². The molecule has 1 aliphatic heterocycles. The number of nitrogens with one attached hydrogen (secondary N) is 1. The first-order valence-corrected chi connectivity index (χ1v) is 6.09. The van der Waals surface area contributed by atoms with Crippen LogP contribution in [0.25, 0.3) is 0 Å². The van der Waals surface area contributed by atoms with Gasteiger partial charge in [-0.2, -0.15) is 11.8 Å². The van der Waals surface area contributed by atoms with E-state index in [1.165, 1.54) is 17.9 Å². The first-order valence-electron chi connectivity index (χ1n) is 4.93. The first-order chi connectivity index (χ1) is 6.77. The smallest absolute Gasteiger partial charge is 0.146 e. The van der Waals surface area contributed by atoms with E-state index in [1.807, 2.05) is 30.3 Å². The average Bonchev–Trinajstić information content (AvgIpc) is 2.77. The third kappa shape index (κ3) is 2.09. The van der Waals surface area contributed by atoms with Crippen LogP contribution in [0, 0.1) is 6.92 Å². The number of hydrogen-bond acceptors (Lipinski definition) is 4. The third-order valence-electron chi connectivity index (χ3n) is 2.66. The minimum Gasteiger partial charge on any atom is -0.317 e. The van der Waals surface area contributed by atoms with Gasteiger partial charge in [-0.05, 0) is 19.1 Å². The minimum absolute atomic E-state index is 0.664. The molecule has 0 amide bonds. The lowest BCUT2D eigenvalue weighted by Crippen LogP contribution is -2.29. The molecule has 1 N–H and O–H groups in total. The van der Waals surface area contributed by atoms with Crippen molar-refractivity contribution >= 4 is 11.8 Å². The lowest BCUT2D eigenvalue weighted by atomic mass is 10.2. The lowest BCUT2D eigenvalue weighted by molar-refractivity contribution is 0.535. The van der Waals surface area contributed by atoms with Crippen LogP contribution in [0.15, 0.2) is 0 Å². The largest absolute Gasteiger partial charge is 0.317 e. The number of thioether (sulfide) groups is 1. The second-order valence-corrected chi connectivity index (χ2v) is 4.81. The molecular formula is C9H16N4S. The Hall–Kier alpha value is -0.550. The standard InChI is InChI=1S/C9H16N4S/c1-7-11-12-9(13(7)2)5-10-8-3-4-14-6-8/h8,10H,3-6H2,1-2H3. The van der Waals surface area contributed by atoms with E-state index in [2.05, 4.69) is 15.5 Å². The van der Waals surface area contributed by atoms with Crippen LogP contribution in [0.5, 0.6) is 0 Å². The van der Waals surface area contributed by atoms with Crippen LogP contribution in [0.4, 0.5) is 0 Å². The molecule has 0 spiro atoms. The minimum atomic E-state index is 0.664. The summed E-state index contributed by atoms with van der Waals surface area (Å²) in [5.41, 5.74) is 0. The Labute approximate surface area is 88.5 Å². The zero-order chi connectivity index (χ0) is 9.97. The highest BCUT2D eigenvalue weighted by atomic mass is 32.2. The molecular weight excluding hydrogens is 196 g/mol. The molecule has 1 aliphatic rings. The van der Waals surface area contributed by atoms with E-state index in [9.17, 15) is 0 Å². The molecule has 0 aliphatic carbocycles. The fourth-order valence-electron chi connectivity index (χ4n) is 1.54. The van der Waals surface area contributed by atoms with Crippen molar-refractivity contribution in [3.05, 3.63) is 11.6 Å². The normalized spacial score (nSPS) is 21.7. The van der Waals surface area contributed by atoms with E-state index in [0.717, 1.165) is 18.2 Å². The maximum atomic E-state index is 4.12. The summed E-state index contributed by atoms with van der Waals surface area (Å²) < 4.78 is 2.04. The Morgan fingerprint density at radius 3 is 3.00 bits per heavy atom. The molecule has 2 heterocycles. The van der Waals surface area contributed by atoms with Gasteiger partial charge in [-0.1, -0.05) is 0 Å². The quantitative estimate of drug-likeness (QED) is 0.801. The monoisotopic (exact) mass is 212 g/mol. The van der Waals surface area contributed by atoms with Crippen molar-refractivity contribution < 1.29 is 0 Å². The predicted octanol–water partition coefficient (Wildman–Crippen LogP) is 0.719. The SMILES string of the molecule is Cc1nnc(CNC2CCSC2)n1C. The first kappa shape index (κ1) is 9.98. The zero-order valence-electron chi connectivity index (χ0n) is 8.66. The number of aryl methyl sites for hydroxylation is 1. The number of aromatic nitrogens is 3. The molecule has 4 nitrogen and oxygen atoms in total. The summed E-state index contributed by atoms with van der Waals surface area (Å²) in [6.45, 7) is 2.81. The molecule has 1 fully saturated rings. The van der Waals surface area contributed by atoms with Gasteiger partial charge in [0.25, 0.3) is 0 Å². The molecule has 1 atom stereocenters. The molecule has 1 unspecified atom stereocenters. The third-order valence-corrected chi connectivity index (χ3v) is 3.82. The summed E-state index contributed by atoms with van der Waals surface area (Å²) in [7, 11) is 2.01. The van der Waals surface area contributed by atoms with Crippen molar-refractivity contribution in [3.8, 4) is 0 Å².